The Balaban J connectivity index is 1.69. The molecule has 0 saturated heterocycles. The van der Waals surface area contributed by atoms with Crippen LogP contribution in [0.2, 0.25) is 0 Å². The molecule has 1 amide bonds. The van der Waals surface area contributed by atoms with Crippen LogP contribution in [-0.4, -0.2) is 18.3 Å². The maximum absolute atomic E-state index is 12.2. The summed E-state index contributed by atoms with van der Waals surface area (Å²) in [4.78, 5) is 13.4. The summed E-state index contributed by atoms with van der Waals surface area (Å²) < 4.78 is 5.68. The van der Waals surface area contributed by atoms with Gasteiger partial charge in [-0.15, -0.1) is 11.8 Å². The summed E-state index contributed by atoms with van der Waals surface area (Å²) in [6, 6.07) is 15.6. The maximum atomic E-state index is 12.2. The molecule has 102 valence electrons. The minimum atomic E-state index is -0.440. The van der Waals surface area contributed by atoms with Crippen LogP contribution < -0.4 is 10.1 Å². The predicted molar refractivity (Wildman–Crippen MR) is 81.4 cm³/mol. The van der Waals surface area contributed by atoms with Gasteiger partial charge < -0.3 is 10.1 Å². The number of nitrogens with one attached hydrogen (secondary N) is 1. The van der Waals surface area contributed by atoms with Crippen LogP contribution in [0.3, 0.4) is 0 Å². The van der Waals surface area contributed by atoms with Gasteiger partial charge in [0.15, 0.2) is 6.10 Å². The fraction of sp³-hybridized carbons (Fsp3) is 0.188. The smallest absolute Gasteiger partial charge is 0.265 e. The average molecular weight is 285 g/mol. The number of para-hydroxylation sites is 1. The molecule has 2 aromatic rings. The third-order valence-electron chi connectivity index (χ3n) is 3.28. The Morgan fingerprint density at radius 1 is 1.25 bits per heavy atom. The van der Waals surface area contributed by atoms with E-state index in [1.54, 1.807) is 11.8 Å². The third-order valence-corrected chi connectivity index (χ3v) is 4.00. The molecule has 1 aliphatic rings. The Hall–Kier alpha value is -1.94. The van der Waals surface area contributed by atoms with E-state index in [4.69, 9.17) is 4.74 Å². The van der Waals surface area contributed by atoms with E-state index in [0.29, 0.717) is 6.42 Å². The molecule has 3 rings (SSSR count). The highest BCUT2D eigenvalue weighted by atomic mass is 32.2. The number of benzene rings is 2. The standard InChI is InChI=1S/C16H15NO2S/c1-20-13-7-4-6-12(10-13)17-16(18)15-9-11-5-2-3-8-14(11)19-15/h2-8,10,15H,9H2,1H3,(H,17,18). The molecule has 1 heterocycles. The van der Waals surface area contributed by atoms with Crippen LogP contribution in [0.25, 0.3) is 0 Å². The first-order chi connectivity index (χ1) is 9.76. The maximum Gasteiger partial charge on any atom is 0.265 e. The zero-order chi connectivity index (χ0) is 13.9. The lowest BCUT2D eigenvalue weighted by Gasteiger charge is -2.11. The van der Waals surface area contributed by atoms with Crippen molar-refractivity contribution in [2.24, 2.45) is 0 Å². The van der Waals surface area contributed by atoms with Crippen molar-refractivity contribution in [2.45, 2.75) is 17.4 Å². The van der Waals surface area contributed by atoms with E-state index in [1.807, 2.05) is 54.8 Å². The van der Waals surface area contributed by atoms with Crippen molar-refractivity contribution in [3.05, 3.63) is 54.1 Å². The molecule has 0 aromatic heterocycles. The summed E-state index contributed by atoms with van der Waals surface area (Å²) in [6.07, 6.45) is 2.20. The average Bonchev–Trinajstić information content (AvgIpc) is 2.91. The molecule has 0 aliphatic carbocycles. The lowest BCUT2D eigenvalue weighted by Crippen LogP contribution is -2.31. The molecular formula is C16H15NO2S. The number of rotatable bonds is 3. The first-order valence-electron chi connectivity index (χ1n) is 6.46. The summed E-state index contributed by atoms with van der Waals surface area (Å²) in [5.41, 5.74) is 1.90. The summed E-state index contributed by atoms with van der Waals surface area (Å²) in [6.45, 7) is 0. The predicted octanol–water partition coefficient (Wildman–Crippen LogP) is 3.35. The third kappa shape index (κ3) is 2.65. The summed E-state index contributed by atoms with van der Waals surface area (Å²) >= 11 is 1.65. The monoisotopic (exact) mass is 285 g/mol. The molecule has 1 unspecified atom stereocenters. The SMILES string of the molecule is CSc1cccc(NC(=O)C2Cc3ccccc3O2)c1. The molecule has 3 nitrogen and oxygen atoms in total. The van der Waals surface area contributed by atoms with Gasteiger partial charge in [0.2, 0.25) is 0 Å². The van der Waals surface area contributed by atoms with Crippen LogP contribution in [0.15, 0.2) is 53.4 Å². The highest BCUT2D eigenvalue weighted by Crippen LogP contribution is 2.29. The van der Waals surface area contributed by atoms with Gasteiger partial charge >= 0.3 is 0 Å². The quantitative estimate of drug-likeness (QED) is 0.879. The van der Waals surface area contributed by atoms with Gasteiger partial charge in [-0.25, -0.2) is 0 Å². The van der Waals surface area contributed by atoms with Crippen molar-refractivity contribution in [3.8, 4) is 5.75 Å². The zero-order valence-corrected chi connectivity index (χ0v) is 11.9. The van der Waals surface area contributed by atoms with Gasteiger partial charge in [0.25, 0.3) is 5.91 Å². The second-order valence-electron chi connectivity index (χ2n) is 4.64. The number of carbonyl (C=O) groups excluding carboxylic acids is 1. The van der Waals surface area contributed by atoms with Crippen molar-refractivity contribution in [2.75, 3.05) is 11.6 Å². The molecular weight excluding hydrogens is 270 g/mol. The van der Waals surface area contributed by atoms with E-state index in [1.165, 1.54) is 0 Å². The summed E-state index contributed by atoms with van der Waals surface area (Å²) in [7, 11) is 0. The van der Waals surface area contributed by atoms with Gasteiger partial charge in [-0.1, -0.05) is 24.3 Å². The van der Waals surface area contributed by atoms with Crippen LogP contribution in [0.1, 0.15) is 5.56 Å². The molecule has 4 heteroatoms. The minimum Gasteiger partial charge on any atom is -0.480 e. The van der Waals surface area contributed by atoms with Crippen LogP contribution in [0.5, 0.6) is 5.75 Å². The van der Waals surface area contributed by atoms with Gasteiger partial charge in [0.1, 0.15) is 5.75 Å². The Bertz CT molecular complexity index is 617. The number of ether oxygens (including phenoxy) is 1. The number of anilines is 1. The van der Waals surface area contributed by atoms with E-state index >= 15 is 0 Å². The molecule has 0 spiro atoms. The van der Waals surface area contributed by atoms with E-state index in [2.05, 4.69) is 5.32 Å². The first kappa shape index (κ1) is 13.1. The number of amides is 1. The fourth-order valence-electron chi connectivity index (χ4n) is 2.25. The normalized spacial score (nSPS) is 16.4. The van der Waals surface area contributed by atoms with Crippen molar-refractivity contribution in [1.29, 1.82) is 0 Å². The van der Waals surface area contributed by atoms with Crippen molar-refractivity contribution < 1.29 is 9.53 Å². The Labute approximate surface area is 122 Å². The van der Waals surface area contributed by atoms with Gasteiger partial charge in [-0.05, 0) is 36.1 Å². The molecule has 0 saturated carbocycles. The highest BCUT2D eigenvalue weighted by Gasteiger charge is 2.28. The van der Waals surface area contributed by atoms with Crippen molar-refractivity contribution >= 4 is 23.4 Å². The van der Waals surface area contributed by atoms with E-state index in [-0.39, 0.29) is 5.91 Å². The molecule has 0 fully saturated rings. The topological polar surface area (TPSA) is 38.3 Å². The Kier molecular flexibility index (Phi) is 3.65. The van der Waals surface area contributed by atoms with Gasteiger partial charge in [-0.2, -0.15) is 0 Å². The lowest BCUT2D eigenvalue weighted by atomic mass is 10.1. The van der Waals surface area contributed by atoms with Crippen LogP contribution in [-0.2, 0) is 11.2 Å². The molecule has 2 aromatic carbocycles. The number of carbonyl (C=O) groups is 1. The van der Waals surface area contributed by atoms with Crippen molar-refractivity contribution in [1.82, 2.24) is 0 Å². The Morgan fingerprint density at radius 3 is 2.90 bits per heavy atom. The second-order valence-corrected chi connectivity index (χ2v) is 5.52. The molecule has 0 bridgehead atoms. The fourth-order valence-corrected chi connectivity index (χ4v) is 2.71. The summed E-state index contributed by atoms with van der Waals surface area (Å²) in [5, 5.41) is 2.92. The lowest BCUT2D eigenvalue weighted by molar-refractivity contribution is -0.122. The molecule has 1 N–H and O–H groups in total. The number of fused-ring (bicyclic) bond motifs is 1. The molecule has 1 aliphatic heterocycles. The summed E-state index contributed by atoms with van der Waals surface area (Å²) in [5.74, 6) is 0.713. The zero-order valence-electron chi connectivity index (χ0n) is 11.1. The van der Waals surface area contributed by atoms with E-state index in [0.717, 1.165) is 21.9 Å². The number of hydrogen-bond acceptors (Lipinski definition) is 3. The van der Waals surface area contributed by atoms with E-state index in [9.17, 15) is 4.79 Å². The van der Waals surface area contributed by atoms with Crippen LogP contribution in [0.4, 0.5) is 5.69 Å². The van der Waals surface area contributed by atoms with E-state index < -0.39 is 6.10 Å². The molecule has 0 radical (unpaired) electrons. The Morgan fingerprint density at radius 2 is 2.10 bits per heavy atom. The number of thioether (sulfide) groups is 1. The molecule has 20 heavy (non-hydrogen) atoms. The molecule has 1 atom stereocenters. The van der Waals surface area contributed by atoms with Gasteiger partial charge in [0, 0.05) is 17.0 Å². The largest absolute Gasteiger partial charge is 0.480 e. The minimum absolute atomic E-state index is 0.0977. The van der Waals surface area contributed by atoms with Crippen LogP contribution >= 0.6 is 11.8 Å². The highest BCUT2D eigenvalue weighted by molar-refractivity contribution is 7.98. The first-order valence-corrected chi connectivity index (χ1v) is 7.68. The van der Waals surface area contributed by atoms with Gasteiger partial charge in [0.05, 0.1) is 0 Å². The van der Waals surface area contributed by atoms with Crippen molar-refractivity contribution in [3.63, 3.8) is 0 Å². The van der Waals surface area contributed by atoms with Crippen LogP contribution in [0, 0.1) is 0 Å². The second kappa shape index (κ2) is 5.59. The number of hydrogen-bond donors (Lipinski definition) is 1. The van der Waals surface area contributed by atoms with Gasteiger partial charge in [-0.3, -0.25) is 4.79 Å².